The molecule has 0 spiro atoms. The molecule has 2 unspecified atom stereocenters. The van der Waals surface area contributed by atoms with Crippen molar-refractivity contribution in [1.29, 1.82) is 0 Å². The number of carbonyl (C=O) groups is 1. The highest BCUT2D eigenvalue weighted by Crippen LogP contribution is 2.32. The van der Waals surface area contributed by atoms with Crippen molar-refractivity contribution in [3.8, 4) is 5.75 Å². The van der Waals surface area contributed by atoms with Gasteiger partial charge < -0.3 is 20.1 Å². The molecule has 24 heavy (non-hydrogen) atoms. The van der Waals surface area contributed by atoms with Gasteiger partial charge in [0.25, 0.3) is 0 Å². The molecule has 0 aromatic heterocycles. The standard InChI is InChI=1S/C19H30N2O3/c1-19(2,3)24-18(22)21-11-6-5-10-17(21)16(13-20)14-8-7-9-15(12-14)23-4/h7-9,12,16-17H,5-6,10-11,13,20H2,1-4H3. The third-order valence-electron chi connectivity index (χ3n) is 4.42. The van der Waals surface area contributed by atoms with Crippen LogP contribution < -0.4 is 10.5 Å². The molecular formula is C19H30N2O3. The van der Waals surface area contributed by atoms with Crippen molar-refractivity contribution in [2.45, 2.75) is 57.6 Å². The van der Waals surface area contributed by atoms with E-state index >= 15 is 0 Å². The molecule has 2 rings (SSSR count). The first kappa shape index (κ1) is 18.6. The number of nitrogens with zero attached hydrogens (tertiary/aromatic N) is 1. The number of benzene rings is 1. The summed E-state index contributed by atoms with van der Waals surface area (Å²) in [5.74, 6) is 0.887. The lowest BCUT2D eigenvalue weighted by Crippen LogP contribution is -2.50. The molecule has 1 aromatic carbocycles. The summed E-state index contributed by atoms with van der Waals surface area (Å²) in [6.07, 6.45) is 2.81. The molecule has 2 atom stereocenters. The zero-order valence-electron chi connectivity index (χ0n) is 15.2. The number of carbonyl (C=O) groups excluding carboxylic acids is 1. The van der Waals surface area contributed by atoms with Gasteiger partial charge in [0, 0.05) is 25.0 Å². The normalized spacial score (nSPS) is 19.7. The molecule has 1 amide bonds. The van der Waals surface area contributed by atoms with Gasteiger partial charge in [-0.1, -0.05) is 12.1 Å². The molecule has 2 N–H and O–H groups in total. The van der Waals surface area contributed by atoms with Gasteiger partial charge in [-0.05, 0) is 57.7 Å². The van der Waals surface area contributed by atoms with Gasteiger partial charge in [0.15, 0.2) is 0 Å². The van der Waals surface area contributed by atoms with E-state index in [0.29, 0.717) is 6.54 Å². The van der Waals surface area contributed by atoms with Crippen LogP contribution in [0.4, 0.5) is 4.79 Å². The van der Waals surface area contributed by atoms with Gasteiger partial charge >= 0.3 is 6.09 Å². The molecule has 1 heterocycles. The van der Waals surface area contributed by atoms with Crippen molar-refractivity contribution in [2.24, 2.45) is 5.73 Å². The van der Waals surface area contributed by atoms with Crippen LogP contribution in [0.15, 0.2) is 24.3 Å². The molecule has 1 saturated heterocycles. The first-order valence-electron chi connectivity index (χ1n) is 8.69. The molecule has 0 radical (unpaired) electrons. The summed E-state index contributed by atoms with van der Waals surface area (Å²) in [4.78, 5) is 14.5. The van der Waals surface area contributed by atoms with Crippen LogP contribution in [0.2, 0.25) is 0 Å². The lowest BCUT2D eigenvalue weighted by Gasteiger charge is -2.40. The molecule has 5 heteroatoms. The zero-order chi connectivity index (χ0) is 17.7. The van der Waals surface area contributed by atoms with Crippen LogP contribution in [0, 0.1) is 0 Å². The Morgan fingerprint density at radius 1 is 1.38 bits per heavy atom. The van der Waals surface area contributed by atoms with Gasteiger partial charge in [-0.2, -0.15) is 0 Å². The maximum atomic E-state index is 12.6. The predicted octanol–water partition coefficient (Wildman–Crippen LogP) is 3.53. The van der Waals surface area contributed by atoms with Gasteiger partial charge in [0.1, 0.15) is 11.4 Å². The van der Waals surface area contributed by atoms with E-state index in [1.165, 1.54) is 0 Å². The molecule has 5 nitrogen and oxygen atoms in total. The first-order valence-corrected chi connectivity index (χ1v) is 8.69. The molecule has 0 bridgehead atoms. The second-order valence-electron chi connectivity index (χ2n) is 7.36. The van der Waals surface area contributed by atoms with Gasteiger partial charge in [0.2, 0.25) is 0 Å². The van der Waals surface area contributed by atoms with Gasteiger partial charge in [-0.15, -0.1) is 0 Å². The minimum Gasteiger partial charge on any atom is -0.497 e. The van der Waals surface area contributed by atoms with Crippen LogP contribution in [-0.2, 0) is 4.74 Å². The Balaban J connectivity index is 2.24. The Hall–Kier alpha value is -1.75. The van der Waals surface area contributed by atoms with Crippen molar-refractivity contribution in [3.63, 3.8) is 0 Å². The van der Waals surface area contributed by atoms with E-state index in [1.807, 2.05) is 43.9 Å². The number of nitrogens with two attached hydrogens (primary N) is 1. The van der Waals surface area contributed by atoms with E-state index in [9.17, 15) is 4.79 Å². The molecule has 0 aliphatic carbocycles. The van der Waals surface area contributed by atoms with Gasteiger partial charge in [-0.25, -0.2) is 4.79 Å². The number of likely N-dealkylation sites (tertiary alicyclic amines) is 1. The highest BCUT2D eigenvalue weighted by atomic mass is 16.6. The van der Waals surface area contributed by atoms with Gasteiger partial charge in [0.05, 0.1) is 7.11 Å². The molecule has 1 aromatic rings. The molecular weight excluding hydrogens is 304 g/mol. The number of ether oxygens (including phenoxy) is 2. The Bertz CT molecular complexity index is 554. The van der Waals surface area contributed by atoms with E-state index < -0.39 is 5.60 Å². The minimum absolute atomic E-state index is 0.0608. The van der Waals surface area contributed by atoms with Crippen LogP contribution in [0.5, 0.6) is 5.75 Å². The van der Waals surface area contributed by atoms with E-state index in [-0.39, 0.29) is 18.1 Å². The quantitative estimate of drug-likeness (QED) is 0.915. The van der Waals surface area contributed by atoms with E-state index in [1.54, 1.807) is 7.11 Å². The van der Waals surface area contributed by atoms with Crippen LogP contribution in [0.3, 0.4) is 0 Å². The van der Waals surface area contributed by atoms with Crippen LogP contribution in [0.1, 0.15) is 51.5 Å². The first-order chi connectivity index (χ1) is 11.4. The summed E-state index contributed by atoms with van der Waals surface area (Å²) in [5, 5.41) is 0. The van der Waals surface area contributed by atoms with Crippen molar-refractivity contribution in [3.05, 3.63) is 29.8 Å². The monoisotopic (exact) mass is 334 g/mol. The SMILES string of the molecule is COc1cccc(C(CN)C2CCCCN2C(=O)OC(C)(C)C)c1. The van der Waals surface area contributed by atoms with Gasteiger partial charge in [-0.3, -0.25) is 0 Å². The summed E-state index contributed by atoms with van der Waals surface area (Å²) in [7, 11) is 1.66. The topological polar surface area (TPSA) is 64.8 Å². The third kappa shape index (κ3) is 4.63. The summed E-state index contributed by atoms with van der Waals surface area (Å²) in [5.41, 5.74) is 6.71. The zero-order valence-corrected chi connectivity index (χ0v) is 15.2. The summed E-state index contributed by atoms with van der Waals surface area (Å²) < 4.78 is 10.9. The molecule has 1 fully saturated rings. The maximum Gasteiger partial charge on any atom is 0.410 e. The van der Waals surface area contributed by atoms with E-state index in [2.05, 4.69) is 6.07 Å². The number of piperidine rings is 1. The number of amides is 1. The number of methoxy groups -OCH3 is 1. The average Bonchev–Trinajstić information content (AvgIpc) is 2.54. The Labute approximate surface area is 145 Å². The second kappa shape index (κ2) is 7.88. The summed E-state index contributed by atoms with van der Waals surface area (Å²) in [6.45, 7) is 6.89. The molecule has 134 valence electrons. The van der Waals surface area contributed by atoms with Crippen molar-refractivity contribution in [2.75, 3.05) is 20.2 Å². The Kier molecular flexibility index (Phi) is 6.10. The van der Waals surface area contributed by atoms with Crippen molar-refractivity contribution in [1.82, 2.24) is 4.90 Å². The smallest absolute Gasteiger partial charge is 0.410 e. The van der Waals surface area contributed by atoms with Crippen LogP contribution >= 0.6 is 0 Å². The fourth-order valence-corrected chi connectivity index (χ4v) is 3.31. The Morgan fingerprint density at radius 3 is 2.75 bits per heavy atom. The molecule has 1 aliphatic rings. The Morgan fingerprint density at radius 2 is 2.12 bits per heavy atom. The fourth-order valence-electron chi connectivity index (χ4n) is 3.31. The lowest BCUT2D eigenvalue weighted by molar-refractivity contribution is 0.00664. The second-order valence-corrected chi connectivity index (χ2v) is 7.36. The highest BCUT2D eigenvalue weighted by molar-refractivity contribution is 5.69. The summed E-state index contributed by atoms with van der Waals surface area (Å²) >= 11 is 0. The average molecular weight is 334 g/mol. The lowest BCUT2D eigenvalue weighted by atomic mass is 9.85. The van der Waals surface area contributed by atoms with Crippen LogP contribution in [-0.4, -0.2) is 42.8 Å². The number of hydrogen-bond acceptors (Lipinski definition) is 4. The molecule has 0 saturated carbocycles. The maximum absolute atomic E-state index is 12.6. The number of rotatable bonds is 4. The predicted molar refractivity (Wildman–Crippen MR) is 95.4 cm³/mol. The minimum atomic E-state index is -0.493. The van der Waals surface area contributed by atoms with Crippen molar-refractivity contribution >= 4 is 6.09 Å². The largest absolute Gasteiger partial charge is 0.497 e. The highest BCUT2D eigenvalue weighted by Gasteiger charge is 2.35. The summed E-state index contributed by atoms with van der Waals surface area (Å²) in [6, 6.07) is 8.02. The fraction of sp³-hybridized carbons (Fsp3) is 0.632. The third-order valence-corrected chi connectivity index (χ3v) is 4.42. The van der Waals surface area contributed by atoms with E-state index in [4.69, 9.17) is 15.2 Å². The number of hydrogen-bond donors (Lipinski definition) is 1. The van der Waals surface area contributed by atoms with Crippen LogP contribution in [0.25, 0.3) is 0 Å². The van der Waals surface area contributed by atoms with Crippen molar-refractivity contribution < 1.29 is 14.3 Å². The molecule has 1 aliphatic heterocycles. The van der Waals surface area contributed by atoms with E-state index in [0.717, 1.165) is 37.1 Å².